The van der Waals surface area contributed by atoms with E-state index in [2.05, 4.69) is 26.8 Å². The van der Waals surface area contributed by atoms with Crippen LogP contribution < -0.4 is 16.0 Å². The number of hydrogen-bond donors (Lipinski definition) is 5. The van der Waals surface area contributed by atoms with E-state index in [0.29, 0.717) is 57.5 Å². The van der Waals surface area contributed by atoms with Crippen LogP contribution in [0.2, 0.25) is 0 Å². The minimum atomic E-state index is -1.20. The first-order valence-electron chi connectivity index (χ1n) is 15.1. The molecule has 6 rings (SSSR count). The molecule has 0 aromatic carbocycles. The van der Waals surface area contributed by atoms with Gasteiger partial charge in [0.25, 0.3) is 0 Å². The van der Waals surface area contributed by atoms with Gasteiger partial charge in [-0.25, -0.2) is 0 Å². The van der Waals surface area contributed by atoms with Gasteiger partial charge in [-0.05, 0) is 61.6 Å². The highest BCUT2D eigenvalue weighted by molar-refractivity contribution is 6.24. The van der Waals surface area contributed by atoms with Gasteiger partial charge in [-0.2, -0.15) is 0 Å². The smallest absolute Gasteiger partial charge is 0.321 e. The van der Waals surface area contributed by atoms with Crippen LogP contribution in [0.25, 0.3) is 29.9 Å². The van der Waals surface area contributed by atoms with Crippen LogP contribution in [-0.4, -0.2) is 51.2 Å². The Morgan fingerprint density at radius 2 is 1.73 bits per heavy atom. The fourth-order valence-electron chi connectivity index (χ4n) is 7.22. The fourth-order valence-corrected chi connectivity index (χ4v) is 7.22. The van der Waals surface area contributed by atoms with Crippen LogP contribution >= 0.6 is 0 Å². The fraction of sp³-hybridized carbons (Fsp3) is 0.314. The predicted molar refractivity (Wildman–Crippen MR) is 170 cm³/mol. The molecule has 3 aliphatic rings. The number of carbonyl (C=O) groups excluding carboxylic acids is 3. The minimum absolute atomic E-state index is 0.0811. The zero-order valence-electron chi connectivity index (χ0n) is 25.9. The third-order valence-electron chi connectivity index (χ3n) is 9.63. The molecule has 45 heavy (non-hydrogen) atoms. The monoisotopic (exact) mass is 608 g/mol. The Morgan fingerprint density at radius 1 is 1.02 bits per heavy atom. The minimum Gasteiger partial charge on any atom is -0.481 e. The molecule has 1 saturated heterocycles. The van der Waals surface area contributed by atoms with E-state index in [1.165, 1.54) is 7.11 Å². The zero-order valence-corrected chi connectivity index (χ0v) is 25.9. The lowest BCUT2D eigenvalue weighted by molar-refractivity contribution is -0.142. The summed E-state index contributed by atoms with van der Waals surface area (Å²) in [6.45, 7) is 11.8. The summed E-state index contributed by atoms with van der Waals surface area (Å²) in [5, 5.41) is 14.5. The summed E-state index contributed by atoms with van der Waals surface area (Å²) in [6.07, 6.45) is 9.23. The summed E-state index contributed by atoms with van der Waals surface area (Å²) in [5.41, 5.74) is 8.98. The SMILES string of the molecule is C=Cc1c2[nH]c(c1C)/C=C1/N/C(=C3\c4[nH]c(c(C)c4C(=O)[C@@H]3C(=O)OC)/C=c3/[nH]/c(c(C=O)c3CC)=C/2)[C@@H](CCC(=O)O)[C@@H]1C. The van der Waals surface area contributed by atoms with Gasteiger partial charge in [0.1, 0.15) is 5.92 Å². The summed E-state index contributed by atoms with van der Waals surface area (Å²) >= 11 is 0. The molecule has 10 nitrogen and oxygen atoms in total. The van der Waals surface area contributed by atoms with Gasteiger partial charge in [0.15, 0.2) is 12.1 Å². The molecule has 2 aliphatic heterocycles. The number of aromatic nitrogens is 3. The first kappa shape index (κ1) is 29.9. The van der Waals surface area contributed by atoms with Crippen molar-refractivity contribution >= 4 is 53.9 Å². The lowest BCUT2D eigenvalue weighted by atomic mass is 9.85. The second kappa shape index (κ2) is 11.1. The van der Waals surface area contributed by atoms with Crippen LogP contribution in [0.3, 0.4) is 0 Å². The normalized spacial score (nSPS) is 24.2. The molecule has 1 aliphatic carbocycles. The Labute approximate surface area is 259 Å². The molecule has 3 atom stereocenters. The second-order valence-corrected chi connectivity index (χ2v) is 11.9. The van der Waals surface area contributed by atoms with E-state index in [-0.39, 0.29) is 24.0 Å². The number of aromatic amines is 3. The molecule has 0 spiro atoms. The third kappa shape index (κ3) is 4.54. The van der Waals surface area contributed by atoms with Gasteiger partial charge in [-0.1, -0.05) is 26.5 Å². The number of carboxylic acids is 1. The number of esters is 1. The summed E-state index contributed by atoms with van der Waals surface area (Å²) in [5.74, 6) is -3.65. The third-order valence-corrected chi connectivity index (χ3v) is 9.63. The first-order chi connectivity index (χ1) is 21.5. The van der Waals surface area contributed by atoms with Crippen molar-refractivity contribution in [3.63, 3.8) is 0 Å². The summed E-state index contributed by atoms with van der Waals surface area (Å²) in [4.78, 5) is 61.7. The second-order valence-electron chi connectivity index (χ2n) is 11.9. The van der Waals surface area contributed by atoms with E-state index in [4.69, 9.17) is 4.74 Å². The topological polar surface area (TPSA) is 157 Å². The van der Waals surface area contributed by atoms with Crippen molar-refractivity contribution < 1.29 is 29.0 Å². The number of H-pyrrole nitrogens is 3. The van der Waals surface area contributed by atoms with E-state index in [1.54, 1.807) is 6.08 Å². The number of carboxylic acid groups (broad SMARTS) is 1. The number of fused-ring (bicyclic) bond motifs is 7. The largest absolute Gasteiger partial charge is 0.481 e. The number of ketones is 1. The molecule has 3 aromatic rings. The lowest BCUT2D eigenvalue weighted by Crippen LogP contribution is -2.25. The standard InChI is InChI=1S/C35H36N4O6/c1-7-18-15(3)22-11-23-16(4)20(9-10-28(41)42)32(38-23)30-31(35(44)45-6)34(43)29-17(5)24(39-33(29)30)12-26-19(8-2)21(14-40)27(37-26)13-25(18)36-22/h7,11-14,16,20,31,36-39H,1,8-10H2,2-6H3,(H,41,42)/b23-11+,26-12+,27-13+,32-30-/t16-,20-,31+/m0/s1. The van der Waals surface area contributed by atoms with Crippen molar-refractivity contribution in [3.05, 3.63) is 84.8 Å². The molecule has 0 radical (unpaired) electrons. The number of allylic oxidation sites excluding steroid dienone is 2. The van der Waals surface area contributed by atoms with Gasteiger partial charge in [0, 0.05) is 74.3 Å². The highest BCUT2D eigenvalue weighted by Gasteiger charge is 2.48. The van der Waals surface area contributed by atoms with Crippen molar-refractivity contribution in [2.75, 3.05) is 7.11 Å². The van der Waals surface area contributed by atoms with Crippen LogP contribution in [0.4, 0.5) is 0 Å². The van der Waals surface area contributed by atoms with Crippen LogP contribution in [0.5, 0.6) is 0 Å². The maximum Gasteiger partial charge on any atom is 0.321 e. The number of aliphatic carboxylic acids is 1. The first-order valence-corrected chi connectivity index (χ1v) is 15.1. The van der Waals surface area contributed by atoms with Crippen molar-refractivity contribution in [2.24, 2.45) is 17.8 Å². The molecule has 10 heteroatoms. The van der Waals surface area contributed by atoms with Crippen molar-refractivity contribution in [2.45, 2.75) is 47.0 Å². The Kier molecular flexibility index (Phi) is 7.39. The zero-order chi connectivity index (χ0) is 32.3. The number of rotatable bonds is 7. The van der Waals surface area contributed by atoms with Crippen molar-refractivity contribution in [1.82, 2.24) is 20.3 Å². The number of carbonyl (C=O) groups is 4. The predicted octanol–water partition coefficient (Wildman–Crippen LogP) is 3.73. The average Bonchev–Trinajstić information content (AvgIpc) is 3.76. The van der Waals surface area contributed by atoms with Gasteiger partial charge in [0.2, 0.25) is 0 Å². The number of methoxy groups -OCH3 is 1. The number of aldehydes is 1. The van der Waals surface area contributed by atoms with E-state index in [1.807, 2.05) is 45.9 Å². The van der Waals surface area contributed by atoms with Gasteiger partial charge in [0.05, 0.1) is 18.2 Å². The number of ether oxygens (including phenoxy) is 1. The molecule has 5 N–H and O–H groups in total. The van der Waals surface area contributed by atoms with Gasteiger partial charge in [-0.3, -0.25) is 19.2 Å². The van der Waals surface area contributed by atoms with E-state index in [9.17, 15) is 24.3 Å². The van der Waals surface area contributed by atoms with Crippen LogP contribution in [0.1, 0.15) is 92.4 Å². The maximum absolute atomic E-state index is 14.0. The van der Waals surface area contributed by atoms with E-state index >= 15 is 0 Å². The Balaban J connectivity index is 1.75. The van der Waals surface area contributed by atoms with Crippen LogP contribution in [0.15, 0.2) is 18.0 Å². The van der Waals surface area contributed by atoms with Crippen molar-refractivity contribution in [3.8, 4) is 0 Å². The van der Waals surface area contributed by atoms with Crippen LogP contribution in [-0.2, 0) is 20.7 Å². The van der Waals surface area contributed by atoms with E-state index < -0.39 is 17.9 Å². The number of nitrogens with one attached hydrogen (secondary N) is 4. The maximum atomic E-state index is 14.0. The van der Waals surface area contributed by atoms with Crippen molar-refractivity contribution in [1.29, 1.82) is 0 Å². The average molecular weight is 609 g/mol. The Bertz CT molecular complexity index is 2010. The van der Waals surface area contributed by atoms with Gasteiger partial charge >= 0.3 is 11.9 Å². The summed E-state index contributed by atoms with van der Waals surface area (Å²) < 4.78 is 5.13. The summed E-state index contributed by atoms with van der Waals surface area (Å²) in [6, 6.07) is 0. The number of hydrogen-bond acceptors (Lipinski definition) is 6. The molecule has 0 saturated carbocycles. The Morgan fingerprint density at radius 3 is 2.38 bits per heavy atom. The molecule has 232 valence electrons. The Hall–Kier alpha value is -5.12. The van der Waals surface area contributed by atoms with E-state index in [0.717, 1.165) is 45.4 Å². The van der Waals surface area contributed by atoms with Gasteiger partial charge < -0.3 is 30.1 Å². The van der Waals surface area contributed by atoms with Gasteiger partial charge in [-0.15, -0.1) is 0 Å². The number of Topliss-reactive ketones (excluding diaryl/α,β-unsaturated/α-hetero) is 1. The molecular formula is C35H36N4O6. The quantitative estimate of drug-likeness (QED) is 0.155. The molecular weight excluding hydrogens is 572 g/mol. The lowest BCUT2D eigenvalue weighted by Gasteiger charge is -2.19. The molecule has 0 unspecified atom stereocenters. The molecule has 8 bridgehead atoms. The highest BCUT2D eigenvalue weighted by atomic mass is 16.5. The summed E-state index contributed by atoms with van der Waals surface area (Å²) in [7, 11) is 1.26. The highest BCUT2D eigenvalue weighted by Crippen LogP contribution is 2.48. The van der Waals surface area contributed by atoms with Crippen LogP contribution in [0, 0.1) is 31.6 Å². The molecule has 1 fully saturated rings. The molecule has 5 heterocycles. The molecule has 0 amide bonds. The molecule has 3 aromatic heterocycles.